The summed E-state index contributed by atoms with van der Waals surface area (Å²) >= 11 is 0. The second kappa shape index (κ2) is 37.6. The van der Waals surface area contributed by atoms with Crippen molar-refractivity contribution in [1.29, 1.82) is 0 Å². The number of hydrogen-bond acceptors (Lipinski definition) is 23. The molecule has 3 aromatic rings. The van der Waals surface area contributed by atoms with Crippen LogP contribution in [0.25, 0.3) is 33.4 Å². The van der Waals surface area contributed by atoms with Crippen molar-refractivity contribution >= 4 is 85.8 Å². The molecule has 2 aliphatic rings. The van der Waals surface area contributed by atoms with Crippen LogP contribution in [0.3, 0.4) is 0 Å². The number of carbonyl (C=O) groups excluding carboxylic acids is 3. The first kappa shape index (κ1) is 77.3. The number of methoxy groups -OCH3 is 1. The summed E-state index contributed by atoms with van der Waals surface area (Å²) in [6, 6.07) is 12.2. The van der Waals surface area contributed by atoms with E-state index >= 15 is 0 Å². The van der Waals surface area contributed by atoms with Crippen molar-refractivity contribution in [2.75, 3.05) is 104 Å². The molecule has 31 nitrogen and oxygen atoms in total. The zero-order valence-corrected chi connectivity index (χ0v) is 56.5. The number of aromatic carboxylic acids is 1. The number of hydrogen-bond donors (Lipinski definition) is 10. The molecule has 2 unspecified atom stereocenters. The third-order valence-corrected chi connectivity index (χ3v) is 19.8. The molecule has 3 atom stereocenters. The lowest BCUT2D eigenvalue weighted by atomic mass is 9.88. The van der Waals surface area contributed by atoms with E-state index in [1.807, 2.05) is 65.8 Å². The fourth-order valence-corrected chi connectivity index (χ4v) is 13.8. The molecule has 0 spiro atoms. The molecule has 1 aromatic heterocycles. The van der Waals surface area contributed by atoms with Crippen molar-refractivity contribution in [3.8, 4) is 34.3 Å². The van der Waals surface area contributed by atoms with Gasteiger partial charge in [-0.1, -0.05) is 33.4 Å². The lowest BCUT2D eigenvalue weighted by Gasteiger charge is -2.22. The monoisotopic (exact) mass is 1400 g/mol. The van der Waals surface area contributed by atoms with E-state index in [4.69, 9.17) is 42.6 Å². The average Bonchev–Trinajstić information content (AvgIpc) is 0.753. The van der Waals surface area contributed by atoms with Gasteiger partial charge in [-0.2, -0.15) is 8.62 Å². The number of carbonyl (C=O) groups is 4. The molecule has 0 bridgehead atoms. The number of carboxylic acids is 1. The number of nitrogens with zero attached hydrogens (tertiary/aromatic N) is 2. The first-order valence-electron chi connectivity index (χ1n) is 29.0. The van der Waals surface area contributed by atoms with Gasteiger partial charge in [0.15, 0.2) is 0 Å². The van der Waals surface area contributed by atoms with Crippen molar-refractivity contribution in [1.82, 2.24) is 25.5 Å². The molecule has 1 aliphatic heterocycles. The standard InChI is InChI=1S/C57H78N7O24P3S2/c1-8-58-46-32-48-44(29-37(46)3)50(45-30-38(4)47(59-9-2)33-49(45)86-48)43-31-39(14-15-42(43)53(67)68)51(65)60-19-25-80-27-28-81-26-20-62-56(71)84-24-17-57(5,6)93-92-36-82-22-10-11-23-83-55(70)61-18-12-13-40-34-64(54(69)63-52(40)66)21-16-41(79-7)35-85-90(75,76)88-91(77,78)87-89(72,73)74/h14-15,29-34,41,58H,8-11,16-28,35-36H2,1-7H3,(H,60,65)(H,61,70)(H,62,71)(H,67,68)(H,75,76)(H,77,78)(H,63,66,69)(H2,72,73,74)/b59-47-/t41-/m0/s1. The highest BCUT2D eigenvalue weighted by Gasteiger charge is 2.41. The van der Waals surface area contributed by atoms with Gasteiger partial charge in [-0.15, -0.1) is 0 Å². The normalized spacial score (nSPS) is 13.6. The van der Waals surface area contributed by atoms with Crippen molar-refractivity contribution in [3.63, 3.8) is 0 Å². The van der Waals surface area contributed by atoms with Crippen molar-refractivity contribution in [2.24, 2.45) is 4.99 Å². The number of aromatic amines is 1. The third kappa shape index (κ3) is 26.7. The van der Waals surface area contributed by atoms with Gasteiger partial charge in [0.05, 0.1) is 69.8 Å². The van der Waals surface area contributed by atoms with Crippen LogP contribution in [0.4, 0.5) is 15.3 Å². The van der Waals surface area contributed by atoms with Gasteiger partial charge in [0.1, 0.15) is 22.8 Å². The number of H-pyrrole nitrogens is 1. The second-order valence-corrected chi connectivity index (χ2v) is 28.0. The van der Waals surface area contributed by atoms with Crippen LogP contribution < -0.4 is 37.9 Å². The van der Waals surface area contributed by atoms with Gasteiger partial charge in [0, 0.05) is 97.3 Å². The summed E-state index contributed by atoms with van der Waals surface area (Å²) in [5.41, 5.74) is 3.40. The molecule has 93 heavy (non-hydrogen) atoms. The van der Waals surface area contributed by atoms with E-state index in [1.165, 1.54) is 30.0 Å². The molecular weight excluding hydrogens is 1320 g/mol. The van der Waals surface area contributed by atoms with Crippen LogP contribution >= 0.6 is 45.1 Å². The van der Waals surface area contributed by atoms with Gasteiger partial charge >= 0.3 is 47.3 Å². The van der Waals surface area contributed by atoms with Crippen LogP contribution in [-0.4, -0.2) is 168 Å². The minimum Gasteiger partial charge on any atom is -0.478 e. The lowest BCUT2D eigenvalue weighted by Crippen LogP contribution is -2.32. The van der Waals surface area contributed by atoms with Crippen LogP contribution in [0.1, 0.15) is 90.8 Å². The first-order chi connectivity index (χ1) is 44.0. The highest BCUT2D eigenvalue weighted by molar-refractivity contribution is 8.77. The Morgan fingerprint density at radius 2 is 1.52 bits per heavy atom. The number of benzene rings is 3. The molecule has 3 amide bonds. The van der Waals surface area contributed by atoms with Crippen LogP contribution in [0.2, 0.25) is 0 Å². The molecule has 5 rings (SSSR count). The molecule has 0 saturated carbocycles. The molecule has 10 N–H and O–H groups in total. The van der Waals surface area contributed by atoms with E-state index < -0.39 is 71.5 Å². The number of anilines is 1. The summed E-state index contributed by atoms with van der Waals surface area (Å²) in [7, 11) is -12.5. The molecule has 512 valence electrons. The Morgan fingerprint density at radius 1 is 0.817 bits per heavy atom. The summed E-state index contributed by atoms with van der Waals surface area (Å²) in [5, 5.41) is 23.1. The van der Waals surface area contributed by atoms with E-state index in [9.17, 15) is 57.4 Å². The van der Waals surface area contributed by atoms with E-state index in [0.29, 0.717) is 78.3 Å². The Balaban J connectivity index is 0.890. The number of carboxylic acid groups (broad SMARTS) is 1. The number of amides is 3. The summed E-state index contributed by atoms with van der Waals surface area (Å²) in [6.45, 7) is 13.9. The van der Waals surface area contributed by atoms with Gasteiger partial charge in [-0.3, -0.25) is 28.7 Å². The number of fused-ring (bicyclic) bond motifs is 2. The summed E-state index contributed by atoms with van der Waals surface area (Å²) in [5.74, 6) is 4.46. The molecule has 2 heterocycles. The Kier molecular flexibility index (Phi) is 31.3. The maximum absolute atomic E-state index is 13.5. The molecule has 2 aromatic carbocycles. The molecule has 0 radical (unpaired) electrons. The maximum atomic E-state index is 13.5. The smallest absolute Gasteiger partial charge is 0.478 e. The number of rotatable bonds is 39. The molecule has 0 saturated heterocycles. The Morgan fingerprint density at radius 3 is 2.20 bits per heavy atom. The average molecular weight is 1400 g/mol. The number of unbranched alkanes of at least 4 members (excludes halogenated alkanes) is 1. The summed E-state index contributed by atoms with van der Waals surface area (Å²) in [6.07, 6.45) is 0.290. The first-order valence-corrected chi connectivity index (χ1v) is 35.8. The molecular formula is C57H78N7O24P3S2. The van der Waals surface area contributed by atoms with Gasteiger partial charge in [-0.05, 0) is 114 Å². The van der Waals surface area contributed by atoms with Crippen molar-refractivity contribution < 1.29 is 104 Å². The van der Waals surface area contributed by atoms with E-state index in [-0.39, 0.29) is 93.7 Å². The fraction of sp³-hybridized carbons (Fsp3) is 0.491. The van der Waals surface area contributed by atoms with Gasteiger partial charge in [0.25, 0.3) is 11.5 Å². The van der Waals surface area contributed by atoms with E-state index in [0.717, 1.165) is 32.9 Å². The minimum atomic E-state index is -5.73. The topological polar surface area (TPSA) is 432 Å². The highest BCUT2D eigenvalue weighted by Crippen LogP contribution is 2.66. The number of aryl methyl sites for hydroxylation is 3. The maximum Gasteiger partial charge on any atom is 0.490 e. The third-order valence-electron chi connectivity index (χ3n) is 13.0. The molecule has 0 fully saturated rings. The van der Waals surface area contributed by atoms with Crippen molar-refractivity contribution in [3.05, 3.63) is 103 Å². The van der Waals surface area contributed by atoms with Gasteiger partial charge < -0.3 is 78.8 Å². The number of nitrogens with one attached hydrogen (secondary N) is 5. The molecule has 36 heteroatoms. The molecule has 1 aliphatic carbocycles. The Labute approximate surface area is 542 Å². The number of alkyl carbamates (subject to hydrolysis) is 2. The van der Waals surface area contributed by atoms with Crippen LogP contribution in [-0.2, 0) is 61.8 Å². The number of phosphoric ester groups is 1. The fourth-order valence-electron chi connectivity index (χ4n) is 8.50. The van der Waals surface area contributed by atoms with Gasteiger partial charge in [0.2, 0.25) is 0 Å². The highest BCUT2D eigenvalue weighted by atomic mass is 33.1. The SMILES string of the molecule is CC/N=c1/cc2oc3cc(NCC)c(C)cc3c(-c3cc(C(=O)NCCOCCOCCNC(=O)OCCC(C)(C)SSCOCCCCOC(=O)NCC#Cc4cn(CC[C@@H](COP(=O)(O)OP(=O)(O)OP(=O)(O)O)OC)c(=O)[nH]c4=O)ccc3C(=O)O)c-2cc1C. The largest absolute Gasteiger partial charge is 0.490 e. The van der Waals surface area contributed by atoms with Crippen LogP contribution in [0, 0.1) is 25.7 Å². The van der Waals surface area contributed by atoms with Gasteiger partial charge in [-0.25, -0.2) is 32.9 Å². The quantitative estimate of drug-likeness (QED) is 0.00470. The van der Waals surface area contributed by atoms with E-state index in [2.05, 4.69) is 56.2 Å². The Hall–Kier alpha value is -6.40. The summed E-state index contributed by atoms with van der Waals surface area (Å²) in [4.78, 5) is 118. The number of aromatic nitrogens is 2. The van der Waals surface area contributed by atoms with E-state index in [1.54, 1.807) is 16.9 Å². The number of ether oxygens (including phenoxy) is 6. The zero-order valence-electron chi connectivity index (χ0n) is 52.2. The van der Waals surface area contributed by atoms with Crippen LogP contribution in [0.15, 0.2) is 67.7 Å². The second-order valence-electron chi connectivity index (χ2n) is 20.7. The van der Waals surface area contributed by atoms with Crippen LogP contribution in [0.5, 0.6) is 0 Å². The zero-order chi connectivity index (χ0) is 68.4. The predicted molar refractivity (Wildman–Crippen MR) is 345 cm³/mol. The lowest BCUT2D eigenvalue weighted by molar-refractivity contribution is 0.0370. The summed E-state index contributed by atoms with van der Waals surface area (Å²) < 4.78 is 86.0. The minimum absolute atomic E-state index is 0.0263. The predicted octanol–water partition coefficient (Wildman–Crippen LogP) is 7.04. The van der Waals surface area contributed by atoms with Crippen molar-refractivity contribution in [2.45, 2.75) is 84.6 Å². The number of phosphoric acid groups is 3. The Bertz CT molecular complexity index is 3750.